The van der Waals surface area contributed by atoms with Crippen LogP contribution in [0.4, 0.5) is 4.39 Å². The number of ether oxygens (including phenoxy) is 3. The van der Waals surface area contributed by atoms with Crippen LogP contribution in [0.1, 0.15) is 150 Å². The number of aromatic nitrogens is 1. The molecule has 6 aliphatic heterocycles. The summed E-state index contributed by atoms with van der Waals surface area (Å²) in [5.41, 5.74) is 2.80. The first-order valence-electron chi connectivity index (χ1n) is 40.5. The molecule has 0 unspecified atom stereocenters. The molecule has 11 rings (SSSR count). The molecule has 30 heteroatoms. The minimum absolute atomic E-state index is 0.0713. The highest BCUT2D eigenvalue weighted by Crippen LogP contribution is 2.33. The Morgan fingerprint density at radius 2 is 1.40 bits per heavy atom. The summed E-state index contributed by atoms with van der Waals surface area (Å²) in [6, 6.07) is 14.3. The first-order chi connectivity index (χ1) is 55.1. The molecule has 0 spiro atoms. The van der Waals surface area contributed by atoms with Crippen LogP contribution in [0.3, 0.4) is 0 Å². The number of nitrogens with one attached hydrogen (secondary N) is 8. The molecular formula is C85H115FN13O16+. The van der Waals surface area contributed by atoms with Crippen molar-refractivity contribution in [3.8, 4) is 5.75 Å². The van der Waals surface area contributed by atoms with Gasteiger partial charge in [-0.1, -0.05) is 73.5 Å². The van der Waals surface area contributed by atoms with E-state index in [1.165, 1.54) is 38.0 Å². The van der Waals surface area contributed by atoms with Crippen LogP contribution in [0.5, 0.6) is 5.75 Å². The Balaban J connectivity index is 1.07. The number of hydrogen-bond donors (Lipinski definition) is 9. The Labute approximate surface area is 671 Å². The van der Waals surface area contributed by atoms with Gasteiger partial charge in [-0.3, -0.25) is 57.5 Å². The molecular weight excluding hydrogens is 1480 g/mol. The van der Waals surface area contributed by atoms with Crippen molar-refractivity contribution in [2.24, 2.45) is 0 Å². The molecule has 0 aliphatic carbocycles. The lowest BCUT2D eigenvalue weighted by Crippen LogP contribution is -2.64. The van der Waals surface area contributed by atoms with Crippen molar-refractivity contribution in [3.63, 3.8) is 0 Å². The normalized spacial score (nSPS) is 24.6. The number of nitrogens with zero attached hydrogens (tertiary/aromatic N) is 5. The fraction of sp³-hybridized carbons (Fsp3) is 0.553. The van der Waals surface area contributed by atoms with Crippen molar-refractivity contribution in [3.05, 3.63) is 136 Å². The Morgan fingerprint density at radius 1 is 0.670 bits per heavy atom. The van der Waals surface area contributed by atoms with Crippen LogP contribution in [0.15, 0.2) is 97.2 Å². The van der Waals surface area contributed by atoms with Gasteiger partial charge in [0.1, 0.15) is 78.3 Å². The lowest BCUT2D eigenvalue weighted by Gasteiger charge is -2.37. The Hall–Kier alpha value is -10.2. The van der Waals surface area contributed by atoms with E-state index >= 15 is 33.2 Å². The smallest absolute Gasteiger partial charge is 0.246 e. The van der Waals surface area contributed by atoms with Gasteiger partial charge >= 0.3 is 0 Å². The van der Waals surface area contributed by atoms with E-state index in [4.69, 9.17) is 14.2 Å². The molecule has 7 heterocycles. The molecule has 0 saturated carbocycles. The number of methoxy groups -OCH3 is 2. The van der Waals surface area contributed by atoms with E-state index in [-0.39, 0.29) is 109 Å². The summed E-state index contributed by atoms with van der Waals surface area (Å²) in [7, 11) is 7.36. The molecule has 12 bridgehead atoms. The fourth-order valence-electron chi connectivity index (χ4n) is 16.0. The maximum Gasteiger partial charge on any atom is 0.246 e. The number of halogens is 1. The number of carbonyl (C=O) groups excluding carboxylic acids is 12. The van der Waals surface area contributed by atoms with Crippen LogP contribution in [0, 0.1) is 5.82 Å². The molecule has 4 aromatic carbocycles. The highest BCUT2D eigenvalue weighted by molar-refractivity contribution is 6.00. The van der Waals surface area contributed by atoms with E-state index in [0.717, 1.165) is 46.4 Å². The maximum absolute atomic E-state index is 16.3. The molecule has 2 saturated heterocycles. The summed E-state index contributed by atoms with van der Waals surface area (Å²) < 4.78 is 35.5. The standard InChI is InChI=1S/C85H114FN13O16/c1-54-77(105)90-66(30-27-63(101)19-11-10-14-42-99(4,5)43-44-113-6)78(106)91-67-47-59-17-15-18-60(45-59)50-88-73(103)53-115-71-35-41-97-76(71)81(109)94-75(55(2)100)80(108)93-68(46-57-24-28-64(114-7)29-25-57)83(111)98-40-16-36-85(98,3)84(112)87-37-34-56-20-22-58(23-21-56)51-96(74(104)33-32-72(102)89-54)39-13-9-8-12-38-95-52-61(48-69(82(97)110)92-79(67)107)65-49-62(86)26-31-70(65)95/h15,17-18,20-26,28-29,31,45,49,52,54-55,66-69,71,75-76,100H,8-14,16,19,27,30,32-44,46-48,50-51,53H2,1-7H3,(H7-,87,88,89,90,91,92,93,94,102,103,105,106,107,108,109,112)/p+1/t54-,55+,66+,67-,68-,69-,71-,75-,76-,85-/m0/s1. The number of aryl methyl sites for hydroxylation is 1. The van der Waals surface area contributed by atoms with Gasteiger partial charge < -0.3 is 85.6 Å². The van der Waals surface area contributed by atoms with E-state index in [0.29, 0.717) is 104 Å². The zero-order valence-electron chi connectivity index (χ0n) is 67.3. The van der Waals surface area contributed by atoms with Crippen LogP contribution >= 0.6 is 0 Å². The van der Waals surface area contributed by atoms with Crippen molar-refractivity contribution in [2.75, 3.05) is 80.8 Å². The number of benzene rings is 4. The lowest BCUT2D eigenvalue weighted by atomic mass is 9.95. The van der Waals surface area contributed by atoms with Crippen LogP contribution < -0.4 is 47.3 Å². The zero-order valence-corrected chi connectivity index (χ0v) is 67.3. The Morgan fingerprint density at radius 3 is 2.15 bits per heavy atom. The summed E-state index contributed by atoms with van der Waals surface area (Å²) in [6.07, 6.45) is 2.80. The third kappa shape index (κ3) is 24.0. The number of amides is 11. The molecule has 9 N–H and O–H groups in total. The number of Topliss-reactive ketones (excluding diaryl/α,β-unsaturated/α-hetero) is 1. The number of unbranched alkanes of at least 4 members (excludes halogenated alkanes) is 2. The molecule has 2 fully saturated rings. The van der Waals surface area contributed by atoms with Gasteiger partial charge in [-0.2, -0.15) is 0 Å². The zero-order chi connectivity index (χ0) is 82.5. The van der Waals surface area contributed by atoms with E-state index in [2.05, 4.69) is 56.6 Å². The number of fused-ring (bicyclic) bond motifs is 16. The van der Waals surface area contributed by atoms with Gasteiger partial charge in [0.15, 0.2) is 0 Å². The van der Waals surface area contributed by atoms with E-state index in [1.807, 2.05) is 28.8 Å². The lowest BCUT2D eigenvalue weighted by molar-refractivity contribution is -0.890. The predicted octanol–water partition coefficient (Wildman–Crippen LogP) is 3.81. The van der Waals surface area contributed by atoms with Crippen molar-refractivity contribution in [1.29, 1.82) is 0 Å². The minimum Gasteiger partial charge on any atom is -0.497 e. The van der Waals surface area contributed by atoms with Crippen LogP contribution in [-0.4, -0.2) is 240 Å². The molecule has 11 amide bonds. The second-order valence-corrected chi connectivity index (χ2v) is 32.1. The molecule has 6 aliphatic rings. The van der Waals surface area contributed by atoms with Crippen LogP contribution in [-0.2, 0) is 112 Å². The van der Waals surface area contributed by atoms with Crippen LogP contribution in [0.2, 0.25) is 0 Å². The SMILES string of the molecule is COCC[N+](C)(C)CCCCCC(=O)CC[C@H]1NC(=O)[C@H](C)NC(=O)CCC(=O)N2CCCCCCn3cc(c4cc(F)ccc43)C[C@@H]3NC(=O)[C@H](Cc4cccc(c4)CNC(=O)CO[C@H]4CCN(C3=O)[C@@H]4C(=O)N[C@@H]([C@@H](C)O)C(=O)N[C@@H](Cc3ccc(OC)cc3)C(=O)N3CCC[C@@]3(C)C(=O)NCCc3ccc(cc3)C2)NC1=O. The first kappa shape index (κ1) is 87.2. The van der Waals surface area contributed by atoms with Gasteiger partial charge in [-0.25, -0.2) is 4.39 Å². The summed E-state index contributed by atoms with van der Waals surface area (Å²) in [5, 5.41) is 34.6. The Bertz CT molecular complexity index is 4290. The minimum atomic E-state index is -1.85. The molecule has 1 aromatic heterocycles. The third-order valence-corrected chi connectivity index (χ3v) is 22.8. The number of aliphatic hydroxyl groups excluding tert-OH is 1. The average molecular weight is 1590 g/mol. The van der Waals surface area contributed by atoms with Crippen molar-refractivity contribution in [2.45, 2.75) is 222 Å². The number of hydrogen-bond acceptors (Lipinski definition) is 16. The van der Waals surface area contributed by atoms with Gasteiger partial charge in [0.25, 0.3) is 0 Å². The third-order valence-electron chi connectivity index (χ3n) is 22.8. The van der Waals surface area contributed by atoms with Gasteiger partial charge in [0.05, 0.1) is 46.6 Å². The second-order valence-electron chi connectivity index (χ2n) is 32.1. The van der Waals surface area contributed by atoms with Gasteiger partial charge in [-0.15, -0.1) is 0 Å². The number of aliphatic hydroxyl groups is 1. The maximum atomic E-state index is 16.3. The van der Waals surface area contributed by atoms with E-state index in [1.54, 1.807) is 79.7 Å². The highest BCUT2D eigenvalue weighted by Gasteiger charge is 2.50. The number of ketones is 1. The largest absolute Gasteiger partial charge is 0.497 e. The number of carbonyl (C=O) groups is 12. The van der Waals surface area contributed by atoms with E-state index < -0.39 is 132 Å². The summed E-state index contributed by atoms with van der Waals surface area (Å²) in [5.74, 6) is -8.60. The molecule has 29 nitrogen and oxygen atoms in total. The quantitative estimate of drug-likeness (QED) is 0.0501. The van der Waals surface area contributed by atoms with Crippen LogP contribution in [0.25, 0.3) is 10.9 Å². The van der Waals surface area contributed by atoms with Crippen molar-refractivity contribution in [1.82, 2.24) is 61.8 Å². The topological polar surface area (TPSA) is 364 Å². The fourth-order valence-corrected chi connectivity index (χ4v) is 16.0. The van der Waals surface area contributed by atoms with E-state index in [9.17, 15) is 33.9 Å². The number of quaternary nitrogens is 1. The average Bonchev–Trinajstić information content (AvgIpc) is 1.65. The van der Waals surface area contributed by atoms with Gasteiger partial charge in [0, 0.05) is 115 Å². The summed E-state index contributed by atoms with van der Waals surface area (Å²) in [6.45, 7) is 6.80. The highest BCUT2D eigenvalue weighted by atomic mass is 19.1. The van der Waals surface area contributed by atoms with Gasteiger partial charge in [-0.05, 0) is 149 Å². The number of rotatable bonds is 16. The molecule has 622 valence electrons. The molecule has 0 radical (unpaired) electrons. The summed E-state index contributed by atoms with van der Waals surface area (Å²) in [4.78, 5) is 183. The monoisotopic (exact) mass is 1590 g/mol. The predicted molar refractivity (Wildman–Crippen MR) is 425 cm³/mol. The molecule has 115 heavy (non-hydrogen) atoms. The second kappa shape index (κ2) is 40.9. The molecule has 5 aromatic rings. The van der Waals surface area contributed by atoms with Gasteiger partial charge in [0.2, 0.25) is 65.0 Å². The Kier molecular flexibility index (Phi) is 31.0. The molecule has 10 atom stereocenters. The van der Waals surface area contributed by atoms with Crippen molar-refractivity contribution >= 4 is 81.7 Å². The first-order valence-corrected chi connectivity index (χ1v) is 40.5. The number of likely N-dealkylation sites (N-methyl/N-ethyl adjacent to an activating group) is 1. The summed E-state index contributed by atoms with van der Waals surface area (Å²) >= 11 is 0. The van der Waals surface area contributed by atoms with Crippen molar-refractivity contribution < 1.29 is 85.7 Å².